The number of anilines is 1. The molecular weight excluding hydrogens is 404 g/mol. The molecule has 3 nitrogen and oxygen atoms in total. The standard InChI is InChI=1S/C24H33F2NO2S/c1-15(2)17(4)20-13-19(25)12-18(23(20)26)14-24(5,6)22-16(3)10-9-11-21(22)27(7)30(8,28)29/h9-13,15,17H,14H2,1-8H3/t17-/m0/s1. The Balaban J connectivity index is 2.61. The van der Waals surface area contributed by atoms with Gasteiger partial charge >= 0.3 is 0 Å². The molecule has 0 heterocycles. The summed E-state index contributed by atoms with van der Waals surface area (Å²) in [6.45, 7) is 11.6. The molecule has 166 valence electrons. The third-order valence-electron chi connectivity index (χ3n) is 6.03. The Morgan fingerprint density at radius 3 is 2.23 bits per heavy atom. The maximum absolute atomic E-state index is 15.4. The topological polar surface area (TPSA) is 37.4 Å². The predicted octanol–water partition coefficient (Wildman–Crippen LogP) is 5.95. The van der Waals surface area contributed by atoms with Gasteiger partial charge in [0, 0.05) is 7.05 Å². The average molecular weight is 438 g/mol. The van der Waals surface area contributed by atoms with E-state index in [0.717, 1.165) is 17.4 Å². The fraction of sp³-hybridized carbons (Fsp3) is 0.500. The number of rotatable bonds is 7. The summed E-state index contributed by atoms with van der Waals surface area (Å²) in [7, 11) is -1.96. The minimum absolute atomic E-state index is 0.118. The van der Waals surface area contributed by atoms with Crippen LogP contribution < -0.4 is 4.31 Å². The molecule has 0 N–H and O–H groups in total. The zero-order valence-corrected chi connectivity index (χ0v) is 20.0. The number of sulfonamides is 1. The number of benzene rings is 2. The molecular formula is C24H33F2NO2S. The zero-order chi connectivity index (χ0) is 23.0. The summed E-state index contributed by atoms with van der Waals surface area (Å²) in [5, 5.41) is 0. The second-order valence-corrected chi connectivity index (χ2v) is 11.3. The molecule has 0 bridgehead atoms. The van der Waals surface area contributed by atoms with Crippen LogP contribution >= 0.6 is 0 Å². The summed E-state index contributed by atoms with van der Waals surface area (Å²) in [5.74, 6) is -0.776. The quantitative estimate of drug-likeness (QED) is 0.537. The molecule has 0 amide bonds. The lowest BCUT2D eigenvalue weighted by Crippen LogP contribution is -2.31. The Bertz CT molecular complexity index is 1030. The third-order valence-corrected chi connectivity index (χ3v) is 7.22. The Labute approximate surface area is 180 Å². The monoisotopic (exact) mass is 437 g/mol. The van der Waals surface area contributed by atoms with Crippen molar-refractivity contribution in [2.45, 2.75) is 59.3 Å². The molecule has 0 radical (unpaired) electrons. The lowest BCUT2D eigenvalue weighted by molar-refractivity contribution is 0.467. The Morgan fingerprint density at radius 1 is 1.10 bits per heavy atom. The zero-order valence-electron chi connectivity index (χ0n) is 19.2. The minimum atomic E-state index is -3.47. The molecule has 2 aromatic rings. The first-order chi connectivity index (χ1) is 13.7. The van der Waals surface area contributed by atoms with E-state index in [1.54, 1.807) is 12.1 Å². The van der Waals surface area contributed by atoms with Crippen LogP contribution in [0.5, 0.6) is 0 Å². The molecule has 0 fully saturated rings. The van der Waals surface area contributed by atoms with Crippen LogP contribution in [0, 0.1) is 24.5 Å². The number of halogens is 2. The van der Waals surface area contributed by atoms with E-state index in [0.29, 0.717) is 16.8 Å². The maximum Gasteiger partial charge on any atom is 0.232 e. The van der Waals surface area contributed by atoms with Gasteiger partial charge in [0.2, 0.25) is 10.0 Å². The van der Waals surface area contributed by atoms with Crippen molar-refractivity contribution >= 4 is 15.7 Å². The largest absolute Gasteiger partial charge is 0.273 e. The lowest BCUT2D eigenvalue weighted by Gasteiger charge is -2.33. The first-order valence-corrected chi connectivity index (χ1v) is 12.0. The second-order valence-electron chi connectivity index (χ2n) is 9.26. The van der Waals surface area contributed by atoms with Gasteiger partial charge in [0.05, 0.1) is 11.9 Å². The highest BCUT2D eigenvalue weighted by Crippen LogP contribution is 2.39. The van der Waals surface area contributed by atoms with Crippen molar-refractivity contribution in [3.63, 3.8) is 0 Å². The highest BCUT2D eigenvalue weighted by atomic mass is 32.2. The summed E-state index contributed by atoms with van der Waals surface area (Å²) in [4.78, 5) is 0. The molecule has 6 heteroatoms. The molecule has 0 saturated carbocycles. The Morgan fingerprint density at radius 2 is 1.70 bits per heavy atom. The average Bonchev–Trinajstić information content (AvgIpc) is 2.61. The van der Waals surface area contributed by atoms with E-state index in [9.17, 15) is 12.8 Å². The molecule has 0 aliphatic rings. The van der Waals surface area contributed by atoms with Crippen molar-refractivity contribution in [2.75, 3.05) is 17.6 Å². The summed E-state index contributed by atoms with van der Waals surface area (Å²) in [6, 6.07) is 8.00. The fourth-order valence-electron chi connectivity index (χ4n) is 4.03. The maximum atomic E-state index is 15.4. The van der Waals surface area contributed by atoms with Crippen molar-refractivity contribution in [3.05, 3.63) is 64.2 Å². The smallest absolute Gasteiger partial charge is 0.232 e. The van der Waals surface area contributed by atoms with E-state index in [1.807, 2.05) is 47.6 Å². The molecule has 0 aliphatic heterocycles. The van der Waals surface area contributed by atoms with E-state index in [2.05, 4.69) is 0 Å². The van der Waals surface area contributed by atoms with Crippen LogP contribution in [0.2, 0.25) is 0 Å². The Kier molecular flexibility index (Phi) is 7.02. The van der Waals surface area contributed by atoms with E-state index in [1.165, 1.54) is 23.5 Å². The van der Waals surface area contributed by atoms with Crippen LogP contribution in [0.3, 0.4) is 0 Å². The Hall–Kier alpha value is -1.95. The van der Waals surface area contributed by atoms with Gasteiger partial charge < -0.3 is 0 Å². The van der Waals surface area contributed by atoms with Crippen molar-refractivity contribution < 1.29 is 17.2 Å². The first-order valence-electron chi connectivity index (χ1n) is 10.2. The van der Waals surface area contributed by atoms with Crippen LogP contribution in [0.15, 0.2) is 30.3 Å². The van der Waals surface area contributed by atoms with Crippen molar-refractivity contribution in [2.24, 2.45) is 5.92 Å². The summed E-state index contributed by atoms with van der Waals surface area (Å²) in [6.07, 6.45) is 1.39. The molecule has 0 saturated heterocycles. The fourth-order valence-corrected chi connectivity index (χ4v) is 4.54. The van der Waals surface area contributed by atoms with Gasteiger partial charge in [-0.15, -0.1) is 0 Å². The van der Waals surface area contributed by atoms with Crippen molar-refractivity contribution in [1.82, 2.24) is 0 Å². The lowest BCUT2D eigenvalue weighted by atomic mass is 9.75. The number of hydrogen-bond donors (Lipinski definition) is 0. The van der Waals surface area contributed by atoms with Gasteiger partial charge in [-0.1, -0.05) is 46.8 Å². The van der Waals surface area contributed by atoms with Crippen molar-refractivity contribution in [3.8, 4) is 0 Å². The van der Waals surface area contributed by atoms with Gasteiger partial charge in [0.15, 0.2) is 0 Å². The van der Waals surface area contributed by atoms with Gasteiger partial charge in [0.25, 0.3) is 0 Å². The van der Waals surface area contributed by atoms with E-state index in [4.69, 9.17) is 0 Å². The normalized spacial score (nSPS) is 13.6. The van der Waals surface area contributed by atoms with Crippen LogP contribution in [0.1, 0.15) is 62.8 Å². The molecule has 0 unspecified atom stereocenters. The predicted molar refractivity (Wildman–Crippen MR) is 121 cm³/mol. The van der Waals surface area contributed by atoms with E-state index >= 15 is 4.39 Å². The number of hydrogen-bond acceptors (Lipinski definition) is 2. The molecule has 0 aliphatic carbocycles. The number of nitrogens with zero attached hydrogens (tertiary/aromatic N) is 1. The molecule has 1 atom stereocenters. The van der Waals surface area contributed by atoms with Crippen LogP contribution in [-0.2, 0) is 21.9 Å². The highest BCUT2D eigenvalue weighted by Gasteiger charge is 2.31. The molecule has 0 spiro atoms. The van der Waals surface area contributed by atoms with Crippen LogP contribution in [0.4, 0.5) is 14.5 Å². The van der Waals surface area contributed by atoms with E-state index < -0.39 is 21.3 Å². The number of aryl methyl sites for hydroxylation is 1. The SMILES string of the molecule is Cc1cccc(N(C)S(C)(=O)=O)c1C(C)(C)Cc1cc(F)cc([C@@H](C)C(C)C)c1F. The summed E-state index contributed by atoms with van der Waals surface area (Å²) < 4.78 is 55.4. The molecule has 30 heavy (non-hydrogen) atoms. The second kappa shape index (κ2) is 8.66. The van der Waals surface area contributed by atoms with Crippen LogP contribution in [0.25, 0.3) is 0 Å². The van der Waals surface area contributed by atoms with E-state index in [-0.39, 0.29) is 24.1 Å². The first kappa shape index (κ1) is 24.3. The molecule has 2 aromatic carbocycles. The third kappa shape index (κ3) is 5.02. The minimum Gasteiger partial charge on any atom is -0.273 e. The summed E-state index contributed by atoms with van der Waals surface area (Å²) >= 11 is 0. The summed E-state index contributed by atoms with van der Waals surface area (Å²) in [5.41, 5.74) is 2.32. The van der Waals surface area contributed by atoms with Gasteiger partial charge in [-0.25, -0.2) is 17.2 Å². The van der Waals surface area contributed by atoms with Gasteiger partial charge in [0.1, 0.15) is 11.6 Å². The molecule has 2 rings (SSSR count). The van der Waals surface area contributed by atoms with Crippen LogP contribution in [-0.4, -0.2) is 21.7 Å². The molecule has 0 aromatic heterocycles. The van der Waals surface area contributed by atoms with Crippen molar-refractivity contribution in [1.29, 1.82) is 0 Å². The van der Waals surface area contributed by atoms with Gasteiger partial charge in [-0.2, -0.15) is 0 Å². The van der Waals surface area contributed by atoms with Gasteiger partial charge in [-0.05, 0) is 71.0 Å². The highest BCUT2D eigenvalue weighted by molar-refractivity contribution is 7.92. The van der Waals surface area contributed by atoms with Gasteiger partial charge in [-0.3, -0.25) is 4.31 Å².